The maximum Gasteiger partial charge on any atom is 0.246 e. The molecule has 11 N–H and O–H groups in total. The highest BCUT2D eigenvalue weighted by Crippen LogP contribution is 2.15. The molecule has 0 bridgehead atoms. The Morgan fingerprint density at radius 3 is 0.590 bits per heavy atom. The third-order valence-electron chi connectivity index (χ3n) is 20.9. The van der Waals surface area contributed by atoms with E-state index in [0.717, 1.165) is 141 Å². The first kappa shape index (κ1) is 161. The fourth-order valence-electron chi connectivity index (χ4n) is 12.3. The summed E-state index contributed by atoms with van der Waals surface area (Å²) in [5.74, 6) is 2.94. The van der Waals surface area contributed by atoms with Crippen molar-refractivity contribution < 1.29 is 57.1 Å². The molecule has 0 unspecified atom stereocenters. The number of nitrogens with one attached hydrogen (secondary N) is 11. The normalized spacial score (nSPS) is 10.7. The number of likely N-dealkylation sites (N-methyl/N-ethyl adjacent to an activating group) is 1. The minimum absolute atomic E-state index is 0. The van der Waals surface area contributed by atoms with Crippen LogP contribution in [0.15, 0.2) is 0 Å². The summed E-state index contributed by atoms with van der Waals surface area (Å²) in [6.45, 7) is 70.2. The van der Waals surface area contributed by atoms with Crippen LogP contribution in [-0.4, -0.2) is 233 Å². The van der Waals surface area contributed by atoms with Gasteiger partial charge in [0.2, 0.25) is 29.5 Å². The van der Waals surface area contributed by atoms with Gasteiger partial charge in [-0.2, -0.15) is 0 Å². The third kappa shape index (κ3) is 205. The molecule has 0 spiro atoms. The fourth-order valence-corrected chi connectivity index (χ4v) is 12.3. The molecule has 0 aromatic carbocycles. The first-order valence-electron chi connectivity index (χ1n) is 57.5. The molecule has 0 saturated heterocycles. The SMILES string of the molecule is C.CCCCCCCCC(C)C.CCCCCCCCCCC(C)C.CCCCCCCCNC(=O)C(C)C.CCCCCCCCNC(=O)COC(C)C.CCCCCCNC(=O)COC(C)C.CNCCCCCCCC(C)C.CNCCCCCCOC(C)C.CNCCCCCNC(=O)COC(C)C.CNCCCCOC(C)C.CNCCCNC(=O)COC(C)C.CNCCOC(C)C. The molecule has 0 aliphatic rings. The zero-order valence-electron chi connectivity index (χ0n) is 98.9. The van der Waals surface area contributed by atoms with Crippen molar-refractivity contribution in [2.75, 3.05) is 161 Å². The predicted octanol–water partition coefficient (Wildman–Crippen LogP) is 26.8. The summed E-state index contributed by atoms with van der Waals surface area (Å²) in [6.07, 6.45) is 64.8. The van der Waals surface area contributed by atoms with E-state index in [1.54, 1.807) is 0 Å². The van der Waals surface area contributed by atoms with Crippen LogP contribution in [0.25, 0.3) is 0 Å². The van der Waals surface area contributed by atoms with Gasteiger partial charge < -0.3 is 91.6 Å². The Bertz CT molecular complexity index is 2170. The summed E-state index contributed by atoms with van der Waals surface area (Å²) < 4.78 is 36.7. The van der Waals surface area contributed by atoms with Crippen LogP contribution in [0.4, 0.5) is 0 Å². The van der Waals surface area contributed by atoms with Gasteiger partial charge in [-0.1, -0.05) is 335 Å². The highest BCUT2D eigenvalue weighted by Gasteiger charge is 2.09. The second-order valence-corrected chi connectivity index (χ2v) is 40.4. The van der Waals surface area contributed by atoms with Crippen LogP contribution in [0.5, 0.6) is 0 Å². The topological polar surface area (TPSA) is 282 Å². The molecule has 0 heterocycles. The number of carbonyl (C=O) groups excluding carboxylic acids is 5. The Hall–Kier alpha value is -3.17. The summed E-state index contributed by atoms with van der Waals surface area (Å²) >= 11 is 0. The Morgan fingerprint density at radius 1 is 0.187 bits per heavy atom. The lowest BCUT2D eigenvalue weighted by atomic mass is 10.0. The largest absolute Gasteiger partial charge is 0.379 e. The highest BCUT2D eigenvalue weighted by molar-refractivity contribution is 5.78. The van der Waals surface area contributed by atoms with Gasteiger partial charge in [0.15, 0.2) is 0 Å². The van der Waals surface area contributed by atoms with E-state index in [2.05, 4.69) is 162 Å². The van der Waals surface area contributed by atoms with Crippen molar-refractivity contribution in [3.05, 3.63) is 0 Å². The molecular formula is C116H257N11O12. The van der Waals surface area contributed by atoms with Crippen molar-refractivity contribution in [3.63, 3.8) is 0 Å². The Balaban J connectivity index is -0.000000128. The van der Waals surface area contributed by atoms with Crippen LogP contribution in [0, 0.1) is 23.7 Å². The minimum atomic E-state index is -0.0372. The van der Waals surface area contributed by atoms with Crippen LogP contribution in [0.2, 0.25) is 0 Å². The molecule has 0 rings (SSSR count). The molecule has 139 heavy (non-hydrogen) atoms. The Labute approximate surface area is 869 Å². The van der Waals surface area contributed by atoms with E-state index in [1.807, 2.05) is 125 Å². The minimum Gasteiger partial charge on any atom is -0.379 e. The van der Waals surface area contributed by atoms with E-state index in [9.17, 15) is 24.0 Å². The van der Waals surface area contributed by atoms with E-state index >= 15 is 0 Å². The highest BCUT2D eigenvalue weighted by atomic mass is 16.5. The standard InChI is InChI=1S/C13H27NO2.C13H28.C12H25NO.C11H24N2O2.C11H23NO2.C11H25N.C11H24.C10H23NO.C9H20N2O2.C8H19NO.C6H15NO.CH4/c1-4-5-6-7-8-9-10-14-13(15)11-16-12(2)3;1-4-5-6-7-8-9-10-11-12-13(2)3;1-4-5-6-7-8-9-10-13-12(14)11(2)3;1-10(2)15-9-11(14)13-8-6-4-5-7-12-3;1-4-5-6-7-8-12-11(13)9-14-10(2)3;1-11(2)9-7-5-4-6-8-10-12-3;1-4-5-6-7-8-9-10-11(2)3;1-10(2)12-9-7-5-4-6-8-11-3;1-8(2)13-7-9(12)11-6-4-5-10-3;1-8(2)10-7-5-4-6-9-3;1-6(2)8-5-4-7-3;/h12H,4-11H2,1-3H3,(H,14,15);13H,4-12H2,1-3H3;11H,4-10H2,1-3H3,(H,13,14);10,12H,4-9H2,1-3H3,(H,13,14);10H,4-9H2,1-3H3,(H,12,13);11-12H,4-10H2,1-3H3;11H,4-10H2,1-3H3;10-11H,4-9H2,1-3H3;8,10H,4-7H2,1-3H3,(H,11,12);8-9H,4-7H2,1-3H3;6-7H,4-5H2,1-3H3;1H4. The lowest BCUT2D eigenvalue weighted by Crippen LogP contribution is -2.30. The zero-order chi connectivity index (χ0) is 107. The molecule has 0 aromatic rings. The van der Waals surface area contributed by atoms with Gasteiger partial charge in [-0.05, 0) is 260 Å². The average molecular weight is 2000 g/mol. The summed E-state index contributed by atoms with van der Waals surface area (Å²) in [7, 11) is 11.8. The summed E-state index contributed by atoms with van der Waals surface area (Å²) in [4.78, 5) is 55.8. The molecule has 0 aromatic heterocycles. The second-order valence-electron chi connectivity index (χ2n) is 40.4. The van der Waals surface area contributed by atoms with E-state index in [0.29, 0.717) is 24.9 Å². The molecule has 23 heteroatoms. The number of unbranched alkanes of at least 4 members (excludes halogenated alkanes) is 35. The number of carbonyl (C=O) groups is 5. The third-order valence-corrected chi connectivity index (χ3v) is 20.9. The van der Waals surface area contributed by atoms with Gasteiger partial charge in [-0.15, -0.1) is 0 Å². The van der Waals surface area contributed by atoms with Crippen molar-refractivity contribution in [2.45, 2.75) is 545 Å². The van der Waals surface area contributed by atoms with Gasteiger partial charge in [-0.25, -0.2) is 0 Å². The van der Waals surface area contributed by atoms with Gasteiger partial charge in [0.05, 0.1) is 49.3 Å². The average Bonchev–Trinajstić information content (AvgIpc) is 1.02. The molecule has 0 aliphatic carbocycles. The number of amides is 5. The van der Waals surface area contributed by atoms with Crippen molar-refractivity contribution in [1.29, 1.82) is 0 Å². The van der Waals surface area contributed by atoms with Gasteiger partial charge in [0.25, 0.3) is 0 Å². The molecule has 0 radical (unpaired) electrons. The van der Waals surface area contributed by atoms with Crippen molar-refractivity contribution >= 4 is 29.5 Å². The van der Waals surface area contributed by atoms with E-state index < -0.39 is 0 Å². The number of rotatable bonds is 84. The molecule has 5 amide bonds. The first-order valence-corrected chi connectivity index (χ1v) is 57.5. The molecular weight excluding hydrogens is 1740 g/mol. The predicted molar refractivity (Wildman–Crippen MR) is 612 cm³/mol. The van der Waals surface area contributed by atoms with Crippen LogP contribution in [0.1, 0.15) is 503 Å². The van der Waals surface area contributed by atoms with Gasteiger partial charge in [0.1, 0.15) is 26.4 Å². The summed E-state index contributed by atoms with van der Waals surface area (Å²) in [5.41, 5.74) is 0. The first-order chi connectivity index (χ1) is 66.0. The number of ether oxygens (including phenoxy) is 7. The van der Waals surface area contributed by atoms with Crippen LogP contribution in [0.3, 0.4) is 0 Å². The molecule has 848 valence electrons. The van der Waals surface area contributed by atoms with E-state index in [1.165, 1.54) is 270 Å². The fraction of sp³-hybridized carbons (Fsp3) is 0.957. The van der Waals surface area contributed by atoms with Crippen LogP contribution >= 0.6 is 0 Å². The molecule has 23 nitrogen and oxygen atoms in total. The summed E-state index contributed by atoms with van der Waals surface area (Å²) in [5, 5.41) is 32.8. The Kier molecular flexibility index (Phi) is 169. The Morgan fingerprint density at radius 2 is 0.360 bits per heavy atom. The van der Waals surface area contributed by atoms with Crippen LogP contribution in [-0.2, 0) is 57.1 Å². The maximum atomic E-state index is 11.2. The lowest BCUT2D eigenvalue weighted by Gasteiger charge is -2.08. The number of hydrogen-bond donors (Lipinski definition) is 11. The van der Waals surface area contributed by atoms with E-state index in [4.69, 9.17) is 33.2 Å². The van der Waals surface area contributed by atoms with Crippen molar-refractivity contribution in [2.24, 2.45) is 23.7 Å². The van der Waals surface area contributed by atoms with Crippen molar-refractivity contribution in [3.8, 4) is 0 Å². The van der Waals surface area contributed by atoms with Gasteiger partial charge in [0, 0.05) is 58.4 Å². The van der Waals surface area contributed by atoms with Gasteiger partial charge in [-0.3, -0.25) is 24.0 Å². The maximum absolute atomic E-state index is 11.2. The molecule has 0 atom stereocenters. The van der Waals surface area contributed by atoms with Gasteiger partial charge >= 0.3 is 0 Å². The monoisotopic (exact) mass is 2000 g/mol. The van der Waals surface area contributed by atoms with Crippen LogP contribution < -0.4 is 58.5 Å². The summed E-state index contributed by atoms with van der Waals surface area (Å²) in [6, 6.07) is 0. The molecule has 0 saturated carbocycles. The zero-order valence-corrected chi connectivity index (χ0v) is 98.9. The molecule has 0 fully saturated rings. The van der Waals surface area contributed by atoms with E-state index in [-0.39, 0.29) is 93.7 Å². The second kappa shape index (κ2) is 145. The molecule has 0 aliphatic heterocycles. The smallest absolute Gasteiger partial charge is 0.246 e. The quantitative estimate of drug-likeness (QED) is 0.0252. The van der Waals surface area contributed by atoms with Crippen molar-refractivity contribution in [1.82, 2.24) is 58.5 Å². The lowest BCUT2D eigenvalue weighted by molar-refractivity contribution is -0.127. The number of hydrogen-bond acceptors (Lipinski definition) is 18.